The van der Waals surface area contributed by atoms with Crippen LogP contribution in [0.5, 0.6) is 0 Å². The van der Waals surface area contributed by atoms with Crippen molar-refractivity contribution >= 4 is 33.4 Å². The van der Waals surface area contributed by atoms with Crippen LogP contribution in [0.3, 0.4) is 0 Å². The highest BCUT2D eigenvalue weighted by Crippen LogP contribution is 2.21. The first-order valence-corrected chi connectivity index (χ1v) is 7.44. The van der Waals surface area contributed by atoms with E-state index in [1.165, 1.54) is 0 Å². The Bertz CT molecular complexity index is 507. The molecule has 1 unspecified atom stereocenters. The van der Waals surface area contributed by atoms with Gasteiger partial charge in [0.2, 0.25) is 11.8 Å². The van der Waals surface area contributed by atoms with E-state index in [2.05, 4.69) is 26.6 Å². The van der Waals surface area contributed by atoms with Crippen molar-refractivity contribution in [3.05, 3.63) is 28.7 Å². The topological polar surface area (TPSA) is 61.4 Å². The van der Waals surface area contributed by atoms with E-state index >= 15 is 0 Å². The number of hydrogen-bond donors (Lipinski definition) is 2. The van der Waals surface area contributed by atoms with Gasteiger partial charge < -0.3 is 15.5 Å². The maximum Gasteiger partial charge on any atom is 0.244 e. The predicted molar refractivity (Wildman–Crippen MR) is 81.4 cm³/mol. The van der Waals surface area contributed by atoms with Gasteiger partial charge in [0, 0.05) is 11.0 Å². The molecule has 0 aromatic heterocycles. The first-order valence-electron chi connectivity index (χ1n) is 6.64. The number of amides is 2. The van der Waals surface area contributed by atoms with E-state index in [9.17, 15) is 9.59 Å². The number of hydrogen-bond acceptors (Lipinski definition) is 3. The molecule has 1 aromatic carbocycles. The van der Waals surface area contributed by atoms with Crippen molar-refractivity contribution < 1.29 is 9.59 Å². The molecule has 1 aliphatic heterocycles. The van der Waals surface area contributed by atoms with Gasteiger partial charge in [-0.05, 0) is 48.0 Å². The summed E-state index contributed by atoms with van der Waals surface area (Å²) in [6.45, 7) is 3.33. The summed E-state index contributed by atoms with van der Waals surface area (Å²) in [4.78, 5) is 25.7. The third kappa shape index (κ3) is 3.80. The van der Waals surface area contributed by atoms with E-state index in [1.54, 1.807) is 4.90 Å². The molecule has 1 aromatic rings. The third-order valence-corrected chi connectivity index (χ3v) is 3.91. The Balaban J connectivity index is 1.97. The number of nitrogens with one attached hydrogen (secondary N) is 2. The Labute approximate surface area is 126 Å². The highest BCUT2D eigenvalue weighted by Gasteiger charge is 2.24. The lowest BCUT2D eigenvalue weighted by molar-refractivity contribution is -0.135. The minimum atomic E-state index is -0.228. The molecule has 1 aliphatic rings. The molecular weight excluding hydrogens is 322 g/mol. The Kier molecular flexibility index (Phi) is 5.14. The Morgan fingerprint density at radius 1 is 1.50 bits per heavy atom. The van der Waals surface area contributed by atoms with Crippen molar-refractivity contribution in [3.63, 3.8) is 0 Å². The SMILES string of the molecule is CC1NCCCN(CC(=O)Nc2ccccc2Br)C1=O. The molecule has 5 nitrogen and oxygen atoms in total. The molecule has 0 saturated carbocycles. The number of rotatable bonds is 3. The summed E-state index contributed by atoms with van der Waals surface area (Å²) in [6.07, 6.45) is 0.860. The summed E-state index contributed by atoms with van der Waals surface area (Å²) in [7, 11) is 0. The normalized spacial score (nSPS) is 19.6. The lowest BCUT2D eigenvalue weighted by atomic mass is 10.3. The largest absolute Gasteiger partial charge is 0.332 e. The quantitative estimate of drug-likeness (QED) is 0.879. The van der Waals surface area contributed by atoms with Crippen molar-refractivity contribution in [1.82, 2.24) is 10.2 Å². The van der Waals surface area contributed by atoms with Crippen LogP contribution in [0.4, 0.5) is 5.69 Å². The molecule has 6 heteroatoms. The average molecular weight is 340 g/mol. The Morgan fingerprint density at radius 3 is 3.00 bits per heavy atom. The molecule has 0 aliphatic carbocycles. The molecule has 2 rings (SSSR count). The number of anilines is 1. The van der Waals surface area contributed by atoms with E-state index < -0.39 is 0 Å². The summed E-state index contributed by atoms with van der Waals surface area (Å²) >= 11 is 3.38. The van der Waals surface area contributed by atoms with Crippen LogP contribution >= 0.6 is 15.9 Å². The highest BCUT2D eigenvalue weighted by atomic mass is 79.9. The van der Waals surface area contributed by atoms with E-state index in [0.29, 0.717) is 12.2 Å². The van der Waals surface area contributed by atoms with E-state index in [-0.39, 0.29) is 24.4 Å². The van der Waals surface area contributed by atoms with Gasteiger partial charge in [-0.3, -0.25) is 9.59 Å². The van der Waals surface area contributed by atoms with Crippen molar-refractivity contribution in [3.8, 4) is 0 Å². The number of halogens is 1. The van der Waals surface area contributed by atoms with Crippen LogP contribution in [-0.2, 0) is 9.59 Å². The number of para-hydroxylation sites is 1. The second kappa shape index (κ2) is 6.85. The van der Waals surface area contributed by atoms with Crippen LogP contribution in [0, 0.1) is 0 Å². The van der Waals surface area contributed by atoms with Gasteiger partial charge in [0.15, 0.2) is 0 Å². The van der Waals surface area contributed by atoms with Crippen LogP contribution in [0.15, 0.2) is 28.7 Å². The minimum Gasteiger partial charge on any atom is -0.332 e. The van der Waals surface area contributed by atoms with Crippen LogP contribution in [0.2, 0.25) is 0 Å². The van der Waals surface area contributed by atoms with Crippen molar-refractivity contribution in [2.75, 3.05) is 25.0 Å². The van der Waals surface area contributed by atoms with Gasteiger partial charge in [-0.1, -0.05) is 12.1 Å². The van der Waals surface area contributed by atoms with Gasteiger partial charge in [0.1, 0.15) is 0 Å². The van der Waals surface area contributed by atoms with Crippen molar-refractivity contribution in [2.45, 2.75) is 19.4 Å². The van der Waals surface area contributed by atoms with Crippen molar-refractivity contribution in [2.24, 2.45) is 0 Å². The fraction of sp³-hybridized carbons (Fsp3) is 0.429. The first-order chi connectivity index (χ1) is 9.58. The fourth-order valence-corrected chi connectivity index (χ4v) is 2.53. The zero-order valence-electron chi connectivity index (χ0n) is 11.4. The zero-order valence-corrected chi connectivity index (χ0v) is 12.9. The Morgan fingerprint density at radius 2 is 2.25 bits per heavy atom. The van der Waals surface area contributed by atoms with Crippen LogP contribution in [-0.4, -0.2) is 42.4 Å². The number of nitrogens with zero attached hydrogens (tertiary/aromatic N) is 1. The maximum absolute atomic E-state index is 12.1. The van der Waals surface area contributed by atoms with Crippen molar-refractivity contribution in [1.29, 1.82) is 0 Å². The summed E-state index contributed by atoms with van der Waals surface area (Å²) in [5.74, 6) is -0.205. The monoisotopic (exact) mass is 339 g/mol. The van der Waals surface area contributed by atoms with Gasteiger partial charge in [-0.15, -0.1) is 0 Å². The summed E-state index contributed by atoms with van der Waals surface area (Å²) in [5.41, 5.74) is 0.714. The van der Waals surface area contributed by atoms with Gasteiger partial charge in [-0.2, -0.15) is 0 Å². The van der Waals surface area contributed by atoms with Gasteiger partial charge in [0.05, 0.1) is 18.3 Å². The number of benzene rings is 1. The molecule has 2 amide bonds. The average Bonchev–Trinajstić information content (AvgIpc) is 2.57. The molecule has 1 saturated heterocycles. The predicted octanol–water partition coefficient (Wildman–Crippen LogP) is 1.60. The molecule has 0 spiro atoms. The zero-order chi connectivity index (χ0) is 14.5. The van der Waals surface area contributed by atoms with E-state index in [0.717, 1.165) is 17.4 Å². The fourth-order valence-electron chi connectivity index (χ4n) is 2.14. The van der Waals surface area contributed by atoms with E-state index in [4.69, 9.17) is 0 Å². The summed E-state index contributed by atoms with van der Waals surface area (Å²) < 4.78 is 0.825. The van der Waals surface area contributed by atoms with E-state index in [1.807, 2.05) is 31.2 Å². The van der Waals surface area contributed by atoms with Crippen LogP contribution in [0.1, 0.15) is 13.3 Å². The van der Waals surface area contributed by atoms with Crippen LogP contribution < -0.4 is 10.6 Å². The molecule has 0 bridgehead atoms. The third-order valence-electron chi connectivity index (χ3n) is 3.22. The first kappa shape index (κ1) is 15.0. The molecule has 1 fully saturated rings. The molecule has 0 radical (unpaired) electrons. The molecule has 108 valence electrons. The molecule has 1 atom stereocenters. The van der Waals surface area contributed by atoms with Gasteiger partial charge in [-0.25, -0.2) is 0 Å². The minimum absolute atomic E-state index is 0.0234. The lowest BCUT2D eigenvalue weighted by Crippen LogP contribution is -2.44. The van der Waals surface area contributed by atoms with Gasteiger partial charge >= 0.3 is 0 Å². The summed E-state index contributed by atoms with van der Waals surface area (Å²) in [6, 6.07) is 7.18. The van der Waals surface area contributed by atoms with Crippen LogP contribution in [0.25, 0.3) is 0 Å². The highest BCUT2D eigenvalue weighted by molar-refractivity contribution is 9.10. The molecular formula is C14H18BrN3O2. The lowest BCUT2D eigenvalue weighted by Gasteiger charge is -2.22. The molecule has 1 heterocycles. The number of carbonyl (C=O) groups is 2. The maximum atomic E-state index is 12.1. The molecule has 2 N–H and O–H groups in total. The second-order valence-corrected chi connectivity index (χ2v) is 5.67. The standard InChI is InChI=1S/C14H18BrN3O2/c1-10-14(20)18(8-4-7-16-10)9-13(19)17-12-6-3-2-5-11(12)15/h2-3,5-6,10,16H,4,7-9H2,1H3,(H,17,19). The summed E-state index contributed by atoms with van der Waals surface area (Å²) in [5, 5.41) is 5.94. The molecule has 20 heavy (non-hydrogen) atoms. The Hall–Kier alpha value is -1.40. The second-order valence-electron chi connectivity index (χ2n) is 4.82. The smallest absolute Gasteiger partial charge is 0.244 e. The van der Waals surface area contributed by atoms with Gasteiger partial charge in [0.25, 0.3) is 0 Å². The number of carbonyl (C=O) groups excluding carboxylic acids is 2.